The Morgan fingerprint density at radius 3 is 2.75 bits per heavy atom. The second kappa shape index (κ2) is 4.99. The van der Waals surface area contributed by atoms with Crippen molar-refractivity contribution in [3.63, 3.8) is 0 Å². The smallest absolute Gasteiger partial charge is 0.341 e. The molecule has 7 heteroatoms. The number of rotatable bonds is 2. The van der Waals surface area contributed by atoms with E-state index < -0.39 is 29.2 Å². The van der Waals surface area contributed by atoms with E-state index in [1.807, 2.05) is 0 Å². The van der Waals surface area contributed by atoms with E-state index in [9.17, 15) is 13.6 Å². The highest BCUT2D eigenvalue weighted by Crippen LogP contribution is 2.27. The van der Waals surface area contributed by atoms with Gasteiger partial charge in [0, 0.05) is 5.56 Å². The lowest BCUT2D eigenvalue weighted by atomic mass is 10.1. The molecule has 0 saturated carbocycles. The largest absolute Gasteiger partial charge is 0.465 e. The van der Waals surface area contributed by atoms with E-state index in [0.29, 0.717) is 0 Å². The monoisotopic (exact) mass is 290 g/mol. The number of hydrogen-bond acceptors (Lipinski definition) is 4. The number of ether oxygens (including phenoxy) is 1. The summed E-state index contributed by atoms with van der Waals surface area (Å²) >= 11 is 2.88. The van der Waals surface area contributed by atoms with E-state index in [-0.39, 0.29) is 4.60 Å². The van der Waals surface area contributed by atoms with Crippen LogP contribution >= 0.6 is 15.9 Å². The summed E-state index contributed by atoms with van der Waals surface area (Å²) in [4.78, 5) is 14.9. The van der Waals surface area contributed by atoms with Crippen LogP contribution in [-0.2, 0) is 4.74 Å². The first-order valence-corrected chi connectivity index (χ1v) is 4.77. The molecule has 16 heavy (non-hydrogen) atoms. The summed E-state index contributed by atoms with van der Waals surface area (Å²) in [6.45, 7) is 0. The minimum absolute atomic E-state index is 0.0620. The second-order valence-electron chi connectivity index (χ2n) is 2.66. The highest BCUT2D eigenvalue weighted by molar-refractivity contribution is 9.10. The van der Waals surface area contributed by atoms with Crippen molar-refractivity contribution in [2.45, 2.75) is 6.43 Å². The van der Waals surface area contributed by atoms with Crippen molar-refractivity contribution in [2.24, 2.45) is 0 Å². The number of hydrogen-bond donors (Lipinski definition) is 0. The van der Waals surface area contributed by atoms with E-state index in [1.54, 1.807) is 6.07 Å². The molecule has 0 aliphatic heterocycles. The molecule has 0 amide bonds. The SMILES string of the molecule is COC(=O)c1c(C(F)F)cc(Br)nc1C#N. The van der Waals surface area contributed by atoms with Gasteiger partial charge in [0.2, 0.25) is 0 Å². The van der Waals surface area contributed by atoms with Gasteiger partial charge in [0.25, 0.3) is 6.43 Å². The van der Waals surface area contributed by atoms with Gasteiger partial charge in [-0.15, -0.1) is 0 Å². The molecule has 0 spiro atoms. The fourth-order valence-electron chi connectivity index (χ4n) is 1.10. The number of aromatic nitrogens is 1. The zero-order valence-electron chi connectivity index (χ0n) is 8.00. The third-order valence-corrected chi connectivity index (χ3v) is 2.16. The predicted octanol–water partition coefficient (Wildman–Crippen LogP) is 2.44. The van der Waals surface area contributed by atoms with Gasteiger partial charge in [0.05, 0.1) is 7.11 Å². The molecule has 1 aromatic rings. The number of methoxy groups -OCH3 is 1. The molecule has 0 fully saturated rings. The highest BCUT2D eigenvalue weighted by atomic mass is 79.9. The van der Waals surface area contributed by atoms with Crippen LogP contribution in [-0.4, -0.2) is 18.1 Å². The molecular weight excluding hydrogens is 286 g/mol. The van der Waals surface area contributed by atoms with Crippen molar-refractivity contribution in [3.8, 4) is 6.07 Å². The number of halogens is 3. The molecule has 84 valence electrons. The molecule has 0 aromatic carbocycles. The molecule has 1 rings (SSSR count). The molecule has 0 aliphatic carbocycles. The molecule has 4 nitrogen and oxygen atoms in total. The average Bonchev–Trinajstić information content (AvgIpc) is 2.26. The fraction of sp³-hybridized carbons (Fsp3) is 0.222. The number of pyridine rings is 1. The summed E-state index contributed by atoms with van der Waals surface area (Å²) in [5.41, 5.74) is -1.47. The van der Waals surface area contributed by atoms with Crippen LogP contribution in [0.1, 0.15) is 28.0 Å². The van der Waals surface area contributed by atoms with Gasteiger partial charge in [-0.25, -0.2) is 18.6 Å². The molecule has 0 radical (unpaired) electrons. The molecule has 0 saturated heterocycles. The topological polar surface area (TPSA) is 63.0 Å². The molecule has 0 aliphatic rings. The number of esters is 1. The number of nitriles is 1. The van der Waals surface area contributed by atoms with Crippen molar-refractivity contribution < 1.29 is 18.3 Å². The number of carbonyl (C=O) groups excluding carboxylic acids is 1. The molecule has 0 bridgehead atoms. The van der Waals surface area contributed by atoms with Crippen LogP contribution in [0.15, 0.2) is 10.7 Å². The lowest BCUT2D eigenvalue weighted by Gasteiger charge is -2.08. The van der Waals surface area contributed by atoms with Crippen molar-refractivity contribution >= 4 is 21.9 Å². The Morgan fingerprint density at radius 2 is 2.31 bits per heavy atom. The van der Waals surface area contributed by atoms with Crippen molar-refractivity contribution in [1.82, 2.24) is 4.98 Å². The van der Waals surface area contributed by atoms with Crippen LogP contribution in [0.5, 0.6) is 0 Å². The molecule has 1 heterocycles. The maximum atomic E-state index is 12.7. The first-order valence-electron chi connectivity index (χ1n) is 3.98. The normalized spacial score (nSPS) is 10.0. The summed E-state index contributed by atoms with van der Waals surface area (Å²) in [5, 5.41) is 8.71. The first-order chi connectivity index (χ1) is 7.51. The van der Waals surface area contributed by atoms with Gasteiger partial charge in [-0.05, 0) is 22.0 Å². The second-order valence-corrected chi connectivity index (χ2v) is 3.47. The fourth-order valence-corrected chi connectivity index (χ4v) is 1.53. The zero-order chi connectivity index (χ0) is 12.3. The van der Waals surface area contributed by atoms with Gasteiger partial charge in [0.15, 0.2) is 5.69 Å². The van der Waals surface area contributed by atoms with Crippen LogP contribution < -0.4 is 0 Å². The van der Waals surface area contributed by atoms with Gasteiger partial charge >= 0.3 is 5.97 Å². The highest BCUT2D eigenvalue weighted by Gasteiger charge is 2.24. The Kier molecular flexibility index (Phi) is 3.90. The van der Waals surface area contributed by atoms with Crippen LogP contribution in [0, 0.1) is 11.3 Å². The van der Waals surface area contributed by atoms with Gasteiger partial charge in [-0.2, -0.15) is 5.26 Å². The molecule has 1 aromatic heterocycles. The zero-order valence-corrected chi connectivity index (χ0v) is 9.59. The Balaban J connectivity index is 3.53. The van der Waals surface area contributed by atoms with Crippen molar-refractivity contribution in [1.29, 1.82) is 5.26 Å². The lowest BCUT2D eigenvalue weighted by molar-refractivity contribution is 0.0588. The van der Waals surface area contributed by atoms with Crippen LogP contribution in [0.25, 0.3) is 0 Å². The minimum atomic E-state index is -2.89. The van der Waals surface area contributed by atoms with Gasteiger partial charge in [0.1, 0.15) is 16.2 Å². The van der Waals surface area contributed by atoms with Gasteiger partial charge in [-0.3, -0.25) is 0 Å². The summed E-state index contributed by atoms with van der Waals surface area (Å²) in [6, 6.07) is 2.56. The van der Waals surface area contributed by atoms with E-state index in [1.165, 1.54) is 0 Å². The Bertz CT molecular complexity index is 471. The Hall–Kier alpha value is -1.55. The standard InChI is InChI=1S/C9H5BrF2N2O2/c1-16-9(15)7-4(8(11)12)2-6(10)14-5(7)3-13/h2,8H,1H3. The minimum Gasteiger partial charge on any atom is -0.465 e. The van der Waals surface area contributed by atoms with Crippen molar-refractivity contribution in [2.75, 3.05) is 7.11 Å². The predicted molar refractivity (Wildman–Crippen MR) is 52.9 cm³/mol. The number of carbonyl (C=O) groups is 1. The number of nitrogens with zero attached hydrogens (tertiary/aromatic N) is 2. The van der Waals surface area contributed by atoms with Crippen LogP contribution in [0.2, 0.25) is 0 Å². The Morgan fingerprint density at radius 1 is 1.69 bits per heavy atom. The van der Waals surface area contributed by atoms with E-state index in [0.717, 1.165) is 13.2 Å². The van der Waals surface area contributed by atoms with Crippen molar-refractivity contribution in [3.05, 3.63) is 27.5 Å². The third-order valence-electron chi connectivity index (χ3n) is 1.75. The van der Waals surface area contributed by atoms with E-state index in [2.05, 4.69) is 25.7 Å². The van der Waals surface area contributed by atoms with Crippen LogP contribution in [0.4, 0.5) is 8.78 Å². The first kappa shape index (κ1) is 12.5. The maximum absolute atomic E-state index is 12.7. The maximum Gasteiger partial charge on any atom is 0.341 e. The summed E-state index contributed by atoms with van der Waals surface area (Å²) in [6.07, 6.45) is -2.89. The molecular formula is C9H5BrF2N2O2. The van der Waals surface area contributed by atoms with Crippen LogP contribution in [0.3, 0.4) is 0 Å². The molecule has 0 N–H and O–H groups in total. The third kappa shape index (κ3) is 2.33. The summed E-state index contributed by atoms with van der Waals surface area (Å²) < 4.78 is 29.7. The molecule has 0 unspecified atom stereocenters. The molecule has 0 atom stereocenters. The van der Waals surface area contributed by atoms with Gasteiger partial charge in [-0.1, -0.05) is 0 Å². The Labute approximate surface area is 98.0 Å². The summed E-state index contributed by atoms with van der Waals surface area (Å²) in [7, 11) is 1.04. The van der Waals surface area contributed by atoms with E-state index in [4.69, 9.17) is 5.26 Å². The van der Waals surface area contributed by atoms with E-state index >= 15 is 0 Å². The lowest BCUT2D eigenvalue weighted by Crippen LogP contribution is -2.10. The number of alkyl halides is 2. The quantitative estimate of drug-likeness (QED) is 0.620. The summed E-state index contributed by atoms with van der Waals surface area (Å²) in [5.74, 6) is -1.01. The van der Waals surface area contributed by atoms with Gasteiger partial charge < -0.3 is 4.74 Å². The average molecular weight is 291 g/mol.